The van der Waals surface area contributed by atoms with E-state index in [1.807, 2.05) is 0 Å². The minimum Gasteiger partial charge on any atom is -0.237 e. The maximum atomic E-state index is 2.27. The summed E-state index contributed by atoms with van der Waals surface area (Å²) in [7, 11) is 0. The molecule has 0 saturated carbocycles. The Kier molecular flexibility index (Phi) is 6.60. The molecule has 8 heteroatoms. The van der Waals surface area contributed by atoms with E-state index in [9.17, 15) is 0 Å². The summed E-state index contributed by atoms with van der Waals surface area (Å²) in [6.45, 7) is 9.55. The molecule has 0 N–H and O–H groups in total. The van der Waals surface area contributed by atoms with Crippen molar-refractivity contribution in [2.45, 2.75) is 53.4 Å². The summed E-state index contributed by atoms with van der Waals surface area (Å²) in [5.74, 6) is 0. The van der Waals surface area contributed by atoms with E-state index in [2.05, 4.69) is 162 Å². The molecule has 0 fully saturated rings. The highest BCUT2D eigenvalue weighted by Gasteiger charge is 2.15. The Balaban J connectivity index is 1.21. The molecule has 38 heavy (non-hydrogen) atoms. The van der Waals surface area contributed by atoms with E-state index in [1.54, 1.807) is 0 Å². The van der Waals surface area contributed by atoms with Crippen molar-refractivity contribution in [1.82, 2.24) is 18.3 Å². The molecule has 0 atom stereocenters. The summed E-state index contributed by atoms with van der Waals surface area (Å²) in [5, 5.41) is 2.63. The van der Waals surface area contributed by atoms with Gasteiger partial charge >= 0.3 is 0 Å². The molecule has 192 valence electrons. The van der Waals surface area contributed by atoms with Gasteiger partial charge in [0.1, 0.15) is 62.7 Å². The number of rotatable bonds is 10. The van der Waals surface area contributed by atoms with Crippen LogP contribution in [0.5, 0.6) is 0 Å². The highest BCUT2D eigenvalue weighted by molar-refractivity contribution is 5.89. The van der Waals surface area contributed by atoms with E-state index < -0.39 is 0 Å². The third-order valence-corrected chi connectivity index (χ3v) is 7.15. The van der Waals surface area contributed by atoms with Crippen LogP contribution in [0.25, 0.3) is 10.8 Å². The molecule has 0 spiro atoms. The molecule has 0 aliphatic rings. The summed E-state index contributed by atoms with van der Waals surface area (Å²) in [6, 6.07) is 13.3. The van der Waals surface area contributed by atoms with Crippen molar-refractivity contribution in [3.63, 3.8) is 0 Å². The molecule has 0 unspecified atom stereocenters. The lowest BCUT2D eigenvalue weighted by atomic mass is 9.99. The van der Waals surface area contributed by atoms with Crippen LogP contribution >= 0.6 is 0 Å². The number of nitrogens with zero attached hydrogens (tertiary/aromatic N) is 8. The monoisotopic (exact) mass is 508 g/mol. The smallest absolute Gasteiger partial charge is 0.237 e. The predicted molar refractivity (Wildman–Crippen MR) is 143 cm³/mol. The number of hydrogen-bond donors (Lipinski definition) is 0. The van der Waals surface area contributed by atoms with Crippen molar-refractivity contribution >= 4 is 10.8 Å². The van der Waals surface area contributed by atoms with Gasteiger partial charge in [-0.2, -0.15) is 18.3 Å². The normalized spacial score (nSPS) is 11.5. The molecular weight excluding hydrogens is 472 g/mol. The van der Waals surface area contributed by atoms with E-state index in [-0.39, 0.29) is 0 Å². The van der Waals surface area contributed by atoms with Crippen molar-refractivity contribution in [2.24, 2.45) is 0 Å². The summed E-state index contributed by atoms with van der Waals surface area (Å²) in [6.07, 6.45) is 25.8. The highest BCUT2D eigenvalue weighted by Crippen LogP contribution is 2.24. The first-order valence-electron chi connectivity index (χ1n) is 13.4. The predicted octanol–water partition coefficient (Wildman–Crippen LogP) is 2.34. The number of fused-ring (bicyclic) bond motifs is 1. The Morgan fingerprint density at radius 3 is 1.32 bits per heavy atom. The molecule has 8 nitrogen and oxygen atoms in total. The molecule has 0 aliphatic carbocycles. The quantitative estimate of drug-likeness (QED) is 0.255. The van der Waals surface area contributed by atoms with E-state index in [4.69, 9.17) is 0 Å². The molecule has 0 saturated heterocycles. The van der Waals surface area contributed by atoms with Gasteiger partial charge in [0.05, 0.1) is 13.1 Å². The van der Waals surface area contributed by atoms with Crippen molar-refractivity contribution in [1.29, 1.82) is 0 Å². The minimum absolute atomic E-state index is 0.801. The molecule has 4 aromatic heterocycles. The van der Waals surface area contributed by atoms with Crippen LogP contribution in [0.2, 0.25) is 0 Å². The van der Waals surface area contributed by atoms with Gasteiger partial charge in [-0.15, -0.1) is 0 Å². The summed E-state index contributed by atoms with van der Waals surface area (Å²) < 4.78 is 17.7. The van der Waals surface area contributed by atoms with E-state index in [0.717, 1.165) is 39.5 Å². The molecular formula is C30H36N8+4. The number of benzene rings is 2. The number of aromatic nitrogens is 8. The maximum Gasteiger partial charge on any atom is 0.247 e. The average Bonchev–Trinajstić information content (AvgIpc) is 3.74. The van der Waals surface area contributed by atoms with Gasteiger partial charge in [-0.3, -0.25) is 0 Å². The van der Waals surface area contributed by atoms with Crippen LogP contribution < -0.4 is 18.3 Å². The van der Waals surface area contributed by atoms with Crippen LogP contribution in [0.15, 0.2) is 111 Å². The first-order valence-corrected chi connectivity index (χ1v) is 13.4. The fraction of sp³-hybridized carbons (Fsp3) is 0.267. The van der Waals surface area contributed by atoms with Crippen LogP contribution in [0.1, 0.15) is 25.0 Å². The minimum atomic E-state index is 0.801. The molecule has 6 rings (SSSR count). The largest absolute Gasteiger partial charge is 0.247 e. The maximum absolute atomic E-state index is 2.27. The van der Waals surface area contributed by atoms with Gasteiger partial charge in [-0.05, 0) is 24.6 Å². The van der Waals surface area contributed by atoms with Gasteiger partial charge in [0, 0.05) is 11.1 Å². The SMILES string of the molecule is CCn1cc[n+](C[n+]2ccn(Cc3cccc4cccc(Cn5cc[n+](C[n+]6ccn(CC)c6)c5)c34)c2)c1. The molecule has 0 bridgehead atoms. The van der Waals surface area contributed by atoms with Gasteiger partial charge < -0.3 is 0 Å². The molecule has 0 radical (unpaired) electrons. The first kappa shape index (κ1) is 23.9. The van der Waals surface area contributed by atoms with E-state index in [1.165, 1.54) is 21.9 Å². The summed E-state index contributed by atoms with van der Waals surface area (Å²) >= 11 is 0. The molecule has 0 amide bonds. The van der Waals surface area contributed by atoms with Crippen molar-refractivity contribution in [3.8, 4) is 0 Å². The van der Waals surface area contributed by atoms with Crippen LogP contribution in [0, 0.1) is 0 Å². The molecule has 0 aliphatic heterocycles. The van der Waals surface area contributed by atoms with Gasteiger partial charge in [0.25, 0.3) is 0 Å². The van der Waals surface area contributed by atoms with Gasteiger partial charge in [-0.25, -0.2) is 18.3 Å². The zero-order chi connectivity index (χ0) is 25.9. The zero-order valence-electron chi connectivity index (χ0n) is 22.2. The third kappa shape index (κ3) is 5.16. The second kappa shape index (κ2) is 10.5. The Hall–Kier alpha value is -4.46. The van der Waals surface area contributed by atoms with Crippen LogP contribution in [0.4, 0.5) is 0 Å². The first-order chi connectivity index (χ1) is 18.7. The second-order valence-electron chi connectivity index (χ2n) is 9.93. The van der Waals surface area contributed by atoms with Crippen LogP contribution in [-0.2, 0) is 39.5 Å². The lowest BCUT2D eigenvalue weighted by molar-refractivity contribution is -0.913. The van der Waals surface area contributed by atoms with Crippen LogP contribution in [-0.4, -0.2) is 18.3 Å². The summed E-state index contributed by atoms with van der Waals surface area (Å²) in [4.78, 5) is 0. The Bertz CT molecular complexity index is 1550. The fourth-order valence-corrected chi connectivity index (χ4v) is 5.19. The average molecular weight is 509 g/mol. The highest BCUT2D eigenvalue weighted by atomic mass is 15.2. The Morgan fingerprint density at radius 1 is 0.526 bits per heavy atom. The lowest BCUT2D eigenvalue weighted by Gasteiger charge is -2.09. The Labute approximate surface area is 223 Å². The third-order valence-electron chi connectivity index (χ3n) is 7.15. The van der Waals surface area contributed by atoms with Gasteiger partial charge in [0.15, 0.2) is 0 Å². The van der Waals surface area contributed by atoms with Gasteiger partial charge in [-0.1, -0.05) is 36.4 Å². The zero-order valence-corrected chi connectivity index (χ0v) is 22.2. The van der Waals surface area contributed by atoms with Crippen molar-refractivity contribution < 1.29 is 18.3 Å². The lowest BCUT2D eigenvalue weighted by Crippen LogP contribution is -2.49. The van der Waals surface area contributed by atoms with Crippen molar-refractivity contribution in [3.05, 3.63) is 122 Å². The standard InChI is InChI=1S/C30H36N8/c1-3-31-11-15-35(21-31)25-37-17-13-33(23-37)19-28-9-5-7-27-8-6-10-29(30(27)28)20-34-14-18-38(24-34)26-36-16-12-32(4-2)22-36/h5-18,21-24H,3-4,19-20,25-26H2,1-2H3/q+4. The van der Waals surface area contributed by atoms with E-state index >= 15 is 0 Å². The number of hydrogen-bond acceptors (Lipinski definition) is 0. The number of aryl methyl sites for hydroxylation is 2. The van der Waals surface area contributed by atoms with Crippen LogP contribution in [0.3, 0.4) is 0 Å². The van der Waals surface area contributed by atoms with E-state index in [0.29, 0.717) is 0 Å². The molecule has 6 aromatic rings. The number of imidazole rings is 4. The fourth-order valence-electron chi connectivity index (χ4n) is 5.19. The second-order valence-corrected chi connectivity index (χ2v) is 9.93. The Morgan fingerprint density at radius 2 is 0.921 bits per heavy atom. The van der Waals surface area contributed by atoms with Crippen molar-refractivity contribution in [2.75, 3.05) is 0 Å². The summed E-state index contributed by atoms with van der Waals surface area (Å²) in [5.41, 5.74) is 2.67. The topological polar surface area (TPSA) is 35.2 Å². The molecule has 2 aromatic carbocycles. The molecule has 4 heterocycles. The van der Waals surface area contributed by atoms with Gasteiger partial charge in [0.2, 0.25) is 38.6 Å².